The average molecular weight is 195 g/mol. The van der Waals surface area contributed by atoms with E-state index in [1.165, 1.54) is 18.2 Å². The first-order valence-electron chi connectivity index (χ1n) is 3.79. The molecule has 0 aromatic carbocycles. The summed E-state index contributed by atoms with van der Waals surface area (Å²) in [6.45, 7) is 3.67. The Morgan fingerprint density at radius 2 is 2.43 bits per heavy atom. The number of anilines is 1. The van der Waals surface area contributed by atoms with Crippen LogP contribution < -0.4 is 10.5 Å². The Labute approximate surface area is 80.2 Å². The van der Waals surface area contributed by atoms with Crippen LogP contribution in [-0.4, -0.2) is 16.5 Å². The summed E-state index contributed by atoms with van der Waals surface area (Å²) in [4.78, 5) is 13.6. The molecule has 1 rings (SSSR count). The Hall–Kier alpha value is -2.11. The molecule has 1 aromatic heterocycles. The molecular weight excluding hydrogens is 186 g/mol. The number of hydrogen-bond acceptors (Lipinski definition) is 5. The van der Waals surface area contributed by atoms with E-state index >= 15 is 0 Å². The van der Waals surface area contributed by atoms with Gasteiger partial charge in [0.15, 0.2) is 0 Å². The summed E-state index contributed by atoms with van der Waals surface area (Å²) in [5, 5.41) is 10.4. The molecule has 6 nitrogen and oxygen atoms in total. The van der Waals surface area contributed by atoms with Gasteiger partial charge in [0.2, 0.25) is 5.88 Å². The van der Waals surface area contributed by atoms with Crippen molar-refractivity contribution >= 4 is 11.5 Å². The van der Waals surface area contributed by atoms with Gasteiger partial charge in [0, 0.05) is 0 Å². The van der Waals surface area contributed by atoms with Gasteiger partial charge in [-0.25, -0.2) is 0 Å². The number of nitrogens with two attached hydrogens (primary N) is 1. The number of nitrogens with zero attached hydrogens (tertiary/aromatic N) is 2. The van der Waals surface area contributed by atoms with E-state index in [1.807, 2.05) is 0 Å². The van der Waals surface area contributed by atoms with Crippen molar-refractivity contribution in [1.82, 2.24) is 4.98 Å². The van der Waals surface area contributed by atoms with Crippen molar-refractivity contribution in [1.29, 1.82) is 0 Å². The highest BCUT2D eigenvalue weighted by Gasteiger charge is 2.09. The third kappa shape index (κ3) is 2.44. The molecule has 0 radical (unpaired) electrons. The number of rotatable bonds is 4. The SMILES string of the molecule is C=CCOc1cc([N+](=O)[O-])cc(N)n1. The normalized spacial score (nSPS) is 9.43. The summed E-state index contributed by atoms with van der Waals surface area (Å²) in [5.74, 6) is 0.176. The van der Waals surface area contributed by atoms with E-state index in [2.05, 4.69) is 11.6 Å². The molecule has 2 N–H and O–H groups in total. The maximum absolute atomic E-state index is 10.4. The molecule has 0 amide bonds. The lowest BCUT2D eigenvalue weighted by atomic mass is 10.4. The van der Waals surface area contributed by atoms with Crippen LogP contribution in [0.2, 0.25) is 0 Å². The minimum absolute atomic E-state index is 0.0539. The fourth-order valence-corrected chi connectivity index (χ4v) is 0.835. The van der Waals surface area contributed by atoms with Gasteiger partial charge in [0.25, 0.3) is 5.69 Å². The van der Waals surface area contributed by atoms with Crippen molar-refractivity contribution in [2.45, 2.75) is 0 Å². The highest BCUT2D eigenvalue weighted by atomic mass is 16.6. The molecule has 1 aromatic rings. The van der Waals surface area contributed by atoms with Crippen molar-refractivity contribution in [2.75, 3.05) is 12.3 Å². The Bertz CT molecular complexity index is 365. The number of hydrogen-bond donors (Lipinski definition) is 1. The highest BCUT2D eigenvalue weighted by molar-refractivity contribution is 5.45. The second-order valence-corrected chi connectivity index (χ2v) is 2.45. The average Bonchev–Trinajstić information content (AvgIpc) is 2.14. The molecule has 14 heavy (non-hydrogen) atoms. The monoisotopic (exact) mass is 195 g/mol. The molecular formula is C8H9N3O3. The predicted octanol–water partition coefficient (Wildman–Crippen LogP) is 1.14. The van der Waals surface area contributed by atoms with Crippen LogP contribution in [0.5, 0.6) is 5.88 Å². The molecule has 0 bridgehead atoms. The minimum atomic E-state index is -0.557. The van der Waals surface area contributed by atoms with Crippen molar-refractivity contribution in [3.05, 3.63) is 34.9 Å². The molecule has 0 aliphatic rings. The maximum Gasteiger partial charge on any atom is 0.278 e. The van der Waals surface area contributed by atoms with Gasteiger partial charge in [-0.15, -0.1) is 0 Å². The van der Waals surface area contributed by atoms with Gasteiger partial charge in [-0.3, -0.25) is 10.1 Å². The molecule has 0 aliphatic heterocycles. The summed E-state index contributed by atoms with van der Waals surface area (Å²) in [6, 6.07) is 2.38. The van der Waals surface area contributed by atoms with E-state index in [0.29, 0.717) is 0 Å². The molecule has 0 unspecified atom stereocenters. The Morgan fingerprint density at radius 1 is 1.71 bits per heavy atom. The lowest BCUT2D eigenvalue weighted by Crippen LogP contribution is -2.00. The van der Waals surface area contributed by atoms with Gasteiger partial charge in [-0.1, -0.05) is 12.7 Å². The smallest absolute Gasteiger partial charge is 0.278 e. The zero-order valence-corrected chi connectivity index (χ0v) is 7.34. The number of pyridine rings is 1. The van der Waals surface area contributed by atoms with Gasteiger partial charge in [0.05, 0.1) is 17.1 Å². The zero-order chi connectivity index (χ0) is 10.6. The fourth-order valence-electron chi connectivity index (χ4n) is 0.835. The zero-order valence-electron chi connectivity index (χ0n) is 7.34. The summed E-state index contributed by atoms with van der Waals surface area (Å²) >= 11 is 0. The van der Waals surface area contributed by atoms with Crippen LogP contribution in [0.25, 0.3) is 0 Å². The third-order valence-corrected chi connectivity index (χ3v) is 1.37. The first kappa shape index (κ1) is 9.97. The first-order valence-corrected chi connectivity index (χ1v) is 3.79. The van der Waals surface area contributed by atoms with Gasteiger partial charge < -0.3 is 10.5 Å². The second-order valence-electron chi connectivity index (χ2n) is 2.45. The summed E-state index contributed by atoms with van der Waals surface area (Å²) < 4.78 is 5.01. The van der Waals surface area contributed by atoms with E-state index in [-0.39, 0.29) is 24.0 Å². The van der Waals surface area contributed by atoms with E-state index in [0.717, 1.165) is 0 Å². The molecule has 74 valence electrons. The van der Waals surface area contributed by atoms with Crippen molar-refractivity contribution in [3.8, 4) is 5.88 Å². The lowest BCUT2D eigenvalue weighted by Gasteiger charge is -2.02. The fraction of sp³-hybridized carbons (Fsp3) is 0.125. The molecule has 0 atom stereocenters. The van der Waals surface area contributed by atoms with Crippen LogP contribution in [0.3, 0.4) is 0 Å². The Kier molecular flexibility index (Phi) is 3.01. The summed E-state index contributed by atoms with van der Waals surface area (Å²) in [7, 11) is 0. The number of aromatic nitrogens is 1. The van der Waals surface area contributed by atoms with Crippen LogP contribution in [0.4, 0.5) is 11.5 Å². The van der Waals surface area contributed by atoms with E-state index in [4.69, 9.17) is 10.5 Å². The summed E-state index contributed by atoms with van der Waals surface area (Å²) in [5.41, 5.74) is 5.21. The van der Waals surface area contributed by atoms with Gasteiger partial charge >= 0.3 is 0 Å². The lowest BCUT2D eigenvalue weighted by molar-refractivity contribution is -0.384. The molecule has 0 fully saturated rings. The van der Waals surface area contributed by atoms with E-state index in [9.17, 15) is 10.1 Å². The topological polar surface area (TPSA) is 91.3 Å². The van der Waals surface area contributed by atoms with Crippen LogP contribution in [0.15, 0.2) is 24.8 Å². The summed E-state index contributed by atoms with van der Waals surface area (Å²) in [6.07, 6.45) is 1.51. The predicted molar refractivity (Wildman–Crippen MR) is 51.0 cm³/mol. The van der Waals surface area contributed by atoms with Crippen molar-refractivity contribution in [3.63, 3.8) is 0 Å². The number of ether oxygens (including phenoxy) is 1. The van der Waals surface area contributed by atoms with Crippen LogP contribution in [0, 0.1) is 10.1 Å². The molecule has 0 saturated heterocycles. The largest absolute Gasteiger partial charge is 0.473 e. The van der Waals surface area contributed by atoms with Gasteiger partial charge in [-0.2, -0.15) is 4.98 Å². The van der Waals surface area contributed by atoms with Crippen LogP contribution >= 0.6 is 0 Å². The van der Waals surface area contributed by atoms with Gasteiger partial charge in [0.1, 0.15) is 12.4 Å². The van der Waals surface area contributed by atoms with E-state index < -0.39 is 4.92 Å². The van der Waals surface area contributed by atoms with Crippen LogP contribution in [0.1, 0.15) is 0 Å². The maximum atomic E-state index is 10.4. The second kappa shape index (κ2) is 4.22. The molecule has 0 spiro atoms. The van der Waals surface area contributed by atoms with Gasteiger partial charge in [-0.05, 0) is 0 Å². The molecule has 0 aliphatic carbocycles. The van der Waals surface area contributed by atoms with E-state index in [1.54, 1.807) is 0 Å². The molecule has 1 heterocycles. The highest BCUT2D eigenvalue weighted by Crippen LogP contribution is 2.20. The molecule has 6 heteroatoms. The Morgan fingerprint density at radius 3 is 3.00 bits per heavy atom. The molecule has 0 saturated carbocycles. The quantitative estimate of drug-likeness (QED) is 0.441. The number of nitrogen functional groups attached to an aromatic ring is 1. The standard InChI is InChI=1S/C8H9N3O3/c1-2-3-14-8-5-6(11(12)13)4-7(9)10-8/h2,4-5H,1,3H2,(H2,9,10). The van der Waals surface area contributed by atoms with Crippen molar-refractivity contribution < 1.29 is 9.66 Å². The first-order chi connectivity index (χ1) is 6.63. The minimum Gasteiger partial charge on any atom is -0.473 e. The van der Waals surface area contributed by atoms with Crippen LogP contribution in [-0.2, 0) is 0 Å². The number of nitro groups is 1. The third-order valence-electron chi connectivity index (χ3n) is 1.37. The Balaban J connectivity index is 2.94. The van der Waals surface area contributed by atoms with Crippen molar-refractivity contribution in [2.24, 2.45) is 0 Å².